The van der Waals surface area contributed by atoms with E-state index in [9.17, 15) is 4.39 Å². The standard InChI is InChI=1S/C15H23FN2/c1-4-12-9-17-10-15(12)18(3)11(2)13-7-5-6-8-14(13)16/h5-8,11-12,15,17H,4,9-10H2,1-3H3. The van der Waals surface area contributed by atoms with Crippen molar-refractivity contribution < 1.29 is 4.39 Å². The first-order chi connectivity index (χ1) is 8.65. The summed E-state index contributed by atoms with van der Waals surface area (Å²) in [6, 6.07) is 7.71. The van der Waals surface area contributed by atoms with Gasteiger partial charge in [-0.05, 0) is 32.5 Å². The van der Waals surface area contributed by atoms with Crippen LogP contribution in [0.15, 0.2) is 24.3 Å². The molecule has 0 radical (unpaired) electrons. The minimum atomic E-state index is -0.101. The Bertz CT molecular complexity index is 394. The van der Waals surface area contributed by atoms with Gasteiger partial charge in [0.25, 0.3) is 0 Å². The Morgan fingerprint density at radius 3 is 2.78 bits per heavy atom. The van der Waals surface area contributed by atoms with Crippen LogP contribution in [-0.4, -0.2) is 31.1 Å². The Balaban J connectivity index is 2.13. The first kappa shape index (κ1) is 13.5. The predicted molar refractivity (Wildman–Crippen MR) is 73.0 cm³/mol. The lowest BCUT2D eigenvalue weighted by molar-refractivity contribution is 0.156. The van der Waals surface area contributed by atoms with Crippen LogP contribution in [0.1, 0.15) is 31.9 Å². The molecule has 0 amide bonds. The first-order valence-corrected chi connectivity index (χ1v) is 6.82. The fraction of sp³-hybridized carbons (Fsp3) is 0.600. The summed E-state index contributed by atoms with van der Waals surface area (Å²) in [5, 5.41) is 3.44. The van der Waals surface area contributed by atoms with Crippen molar-refractivity contribution in [3.63, 3.8) is 0 Å². The van der Waals surface area contributed by atoms with E-state index in [2.05, 4.69) is 31.1 Å². The van der Waals surface area contributed by atoms with E-state index >= 15 is 0 Å². The summed E-state index contributed by atoms with van der Waals surface area (Å²) in [5.41, 5.74) is 0.793. The maximum absolute atomic E-state index is 13.8. The highest BCUT2D eigenvalue weighted by Gasteiger charge is 2.31. The van der Waals surface area contributed by atoms with Gasteiger partial charge in [0.15, 0.2) is 0 Å². The fourth-order valence-corrected chi connectivity index (χ4v) is 2.93. The summed E-state index contributed by atoms with van der Waals surface area (Å²) in [4.78, 5) is 2.31. The third kappa shape index (κ3) is 2.57. The minimum absolute atomic E-state index is 0.101. The van der Waals surface area contributed by atoms with Gasteiger partial charge in [-0.25, -0.2) is 4.39 Å². The van der Waals surface area contributed by atoms with Crippen molar-refractivity contribution in [1.82, 2.24) is 10.2 Å². The number of rotatable bonds is 4. The number of halogens is 1. The summed E-state index contributed by atoms with van der Waals surface area (Å²) in [5.74, 6) is 0.570. The Morgan fingerprint density at radius 2 is 2.11 bits per heavy atom. The van der Waals surface area contributed by atoms with E-state index in [-0.39, 0.29) is 11.9 Å². The van der Waals surface area contributed by atoms with Gasteiger partial charge >= 0.3 is 0 Å². The van der Waals surface area contributed by atoms with Crippen LogP contribution >= 0.6 is 0 Å². The Kier molecular flexibility index (Phi) is 4.36. The molecule has 1 aliphatic rings. The SMILES string of the molecule is CCC1CNCC1N(C)C(C)c1ccccc1F. The molecular formula is C15H23FN2. The molecule has 1 saturated heterocycles. The predicted octanol–water partition coefficient (Wildman–Crippen LogP) is 2.82. The molecule has 0 saturated carbocycles. The topological polar surface area (TPSA) is 15.3 Å². The molecule has 1 aromatic rings. The van der Waals surface area contributed by atoms with Gasteiger partial charge in [-0.15, -0.1) is 0 Å². The molecule has 0 bridgehead atoms. The maximum Gasteiger partial charge on any atom is 0.127 e. The smallest absolute Gasteiger partial charge is 0.127 e. The molecule has 0 aliphatic carbocycles. The van der Waals surface area contributed by atoms with Gasteiger partial charge in [-0.3, -0.25) is 4.90 Å². The first-order valence-electron chi connectivity index (χ1n) is 6.82. The average Bonchev–Trinajstić information content (AvgIpc) is 2.86. The molecule has 0 aromatic heterocycles. The quantitative estimate of drug-likeness (QED) is 0.884. The lowest BCUT2D eigenvalue weighted by Gasteiger charge is -2.34. The zero-order valence-corrected chi connectivity index (χ0v) is 11.5. The molecular weight excluding hydrogens is 227 g/mol. The second kappa shape index (κ2) is 5.81. The van der Waals surface area contributed by atoms with Crippen molar-refractivity contribution in [3.8, 4) is 0 Å². The summed E-state index contributed by atoms with van der Waals surface area (Å²) >= 11 is 0. The van der Waals surface area contributed by atoms with E-state index in [1.807, 2.05) is 12.1 Å². The molecule has 3 atom stereocenters. The summed E-state index contributed by atoms with van der Waals surface area (Å²) < 4.78 is 13.8. The van der Waals surface area contributed by atoms with Crippen molar-refractivity contribution in [2.45, 2.75) is 32.4 Å². The molecule has 18 heavy (non-hydrogen) atoms. The monoisotopic (exact) mass is 250 g/mol. The molecule has 2 nitrogen and oxygen atoms in total. The van der Waals surface area contributed by atoms with E-state index in [1.54, 1.807) is 12.1 Å². The van der Waals surface area contributed by atoms with Crippen LogP contribution in [0.5, 0.6) is 0 Å². The highest BCUT2D eigenvalue weighted by molar-refractivity contribution is 5.21. The summed E-state index contributed by atoms with van der Waals surface area (Å²) in [7, 11) is 2.11. The van der Waals surface area contributed by atoms with Crippen LogP contribution in [0.3, 0.4) is 0 Å². The minimum Gasteiger partial charge on any atom is -0.315 e. The summed E-state index contributed by atoms with van der Waals surface area (Å²) in [6.45, 7) is 6.40. The molecule has 3 unspecified atom stereocenters. The number of likely N-dealkylation sites (N-methyl/N-ethyl adjacent to an activating group) is 1. The number of nitrogens with zero attached hydrogens (tertiary/aromatic N) is 1. The van der Waals surface area contributed by atoms with Crippen LogP contribution in [0.25, 0.3) is 0 Å². The number of hydrogen-bond donors (Lipinski definition) is 1. The molecule has 100 valence electrons. The highest BCUT2D eigenvalue weighted by atomic mass is 19.1. The molecule has 1 fully saturated rings. The van der Waals surface area contributed by atoms with Gasteiger partial charge in [0.1, 0.15) is 5.82 Å². The maximum atomic E-state index is 13.8. The van der Waals surface area contributed by atoms with Gasteiger partial charge in [-0.1, -0.05) is 31.5 Å². The van der Waals surface area contributed by atoms with Crippen LogP contribution < -0.4 is 5.32 Å². The fourth-order valence-electron chi connectivity index (χ4n) is 2.93. The number of hydrogen-bond acceptors (Lipinski definition) is 2. The molecule has 3 heteroatoms. The average molecular weight is 250 g/mol. The Morgan fingerprint density at radius 1 is 1.39 bits per heavy atom. The molecule has 2 rings (SSSR count). The van der Waals surface area contributed by atoms with Gasteiger partial charge in [0.2, 0.25) is 0 Å². The third-order valence-corrected chi connectivity index (χ3v) is 4.32. The van der Waals surface area contributed by atoms with E-state index in [0.29, 0.717) is 12.0 Å². The van der Waals surface area contributed by atoms with Crippen LogP contribution in [0.4, 0.5) is 4.39 Å². The number of benzene rings is 1. The van der Waals surface area contributed by atoms with Crippen molar-refractivity contribution in [1.29, 1.82) is 0 Å². The van der Waals surface area contributed by atoms with Crippen LogP contribution in [0, 0.1) is 11.7 Å². The van der Waals surface area contributed by atoms with E-state index in [0.717, 1.165) is 18.7 Å². The van der Waals surface area contributed by atoms with Crippen molar-refractivity contribution in [2.24, 2.45) is 5.92 Å². The van der Waals surface area contributed by atoms with E-state index in [4.69, 9.17) is 0 Å². The van der Waals surface area contributed by atoms with Gasteiger partial charge in [0.05, 0.1) is 0 Å². The van der Waals surface area contributed by atoms with Crippen LogP contribution in [-0.2, 0) is 0 Å². The molecule has 1 N–H and O–H groups in total. The zero-order valence-electron chi connectivity index (χ0n) is 11.5. The lowest BCUT2D eigenvalue weighted by Crippen LogP contribution is -2.39. The Hall–Kier alpha value is -0.930. The molecule has 1 heterocycles. The Labute approximate surface area is 109 Å². The second-order valence-electron chi connectivity index (χ2n) is 5.26. The van der Waals surface area contributed by atoms with Crippen molar-refractivity contribution >= 4 is 0 Å². The third-order valence-electron chi connectivity index (χ3n) is 4.32. The molecule has 1 aliphatic heterocycles. The summed E-state index contributed by atoms with van der Waals surface area (Å²) in [6.07, 6.45) is 1.17. The van der Waals surface area contributed by atoms with Crippen LogP contribution in [0.2, 0.25) is 0 Å². The lowest BCUT2D eigenvalue weighted by atomic mass is 9.96. The highest BCUT2D eigenvalue weighted by Crippen LogP contribution is 2.28. The van der Waals surface area contributed by atoms with Crippen molar-refractivity contribution in [3.05, 3.63) is 35.6 Å². The largest absolute Gasteiger partial charge is 0.315 e. The number of nitrogens with one attached hydrogen (secondary N) is 1. The van der Waals surface area contributed by atoms with Gasteiger partial charge < -0.3 is 5.32 Å². The van der Waals surface area contributed by atoms with E-state index in [1.165, 1.54) is 6.42 Å². The molecule has 0 spiro atoms. The zero-order chi connectivity index (χ0) is 13.1. The van der Waals surface area contributed by atoms with Gasteiger partial charge in [0, 0.05) is 24.2 Å². The van der Waals surface area contributed by atoms with E-state index < -0.39 is 0 Å². The molecule has 1 aromatic carbocycles. The second-order valence-corrected chi connectivity index (χ2v) is 5.26. The van der Waals surface area contributed by atoms with Gasteiger partial charge in [-0.2, -0.15) is 0 Å². The van der Waals surface area contributed by atoms with Crippen molar-refractivity contribution in [2.75, 3.05) is 20.1 Å². The normalized spacial score (nSPS) is 25.6.